The van der Waals surface area contributed by atoms with Crippen LogP contribution in [0.25, 0.3) is 0 Å². The van der Waals surface area contributed by atoms with Gasteiger partial charge in [0.2, 0.25) is 0 Å². The molecule has 1 saturated heterocycles. The van der Waals surface area contributed by atoms with Gasteiger partial charge in [-0.25, -0.2) is 4.39 Å². The second-order valence-electron chi connectivity index (χ2n) is 7.44. The van der Waals surface area contributed by atoms with Crippen LogP contribution in [-0.2, 0) is 13.0 Å². The molecule has 6 nitrogen and oxygen atoms in total. The topological polar surface area (TPSA) is 62.7 Å². The third-order valence-electron chi connectivity index (χ3n) is 5.38. The number of aromatic nitrogens is 1. The first-order chi connectivity index (χ1) is 14.0. The van der Waals surface area contributed by atoms with E-state index in [9.17, 15) is 9.18 Å². The molecule has 2 aromatic heterocycles. The molecule has 1 amide bonds. The van der Waals surface area contributed by atoms with Crippen LogP contribution >= 0.6 is 12.4 Å². The van der Waals surface area contributed by atoms with Crippen molar-refractivity contribution in [2.75, 3.05) is 26.2 Å². The maximum absolute atomic E-state index is 13.0. The summed E-state index contributed by atoms with van der Waals surface area (Å²) < 4.78 is 24.0. The van der Waals surface area contributed by atoms with E-state index in [2.05, 4.69) is 10.1 Å². The van der Waals surface area contributed by atoms with Gasteiger partial charge in [0.1, 0.15) is 17.3 Å². The number of carbonyl (C=O) groups is 1. The lowest BCUT2D eigenvalue weighted by molar-refractivity contribution is 0.0596. The van der Waals surface area contributed by atoms with Gasteiger partial charge in [-0.05, 0) is 43.7 Å². The summed E-state index contributed by atoms with van der Waals surface area (Å²) >= 11 is 0. The lowest BCUT2D eigenvalue weighted by Gasteiger charge is -2.34. The summed E-state index contributed by atoms with van der Waals surface area (Å²) in [6.45, 7) is 7.35. The lowest BCUT2D eigenvalue weighted by Crippen LogP contribution is -2.48. The molecule has 1 aliphatic rings. The number of piperazine rings is 1. The van der Waals surface area contributed by atoms with Crippen molar-refractivity contribution in [3.8, 4) is 0 Å². The Hall–Kier alpha value is -2.64. The van der Waals surface area contributed by atoms with Crippen molar-refractivity contribution in [2.24, 2.45) is 0 Å². The molecule has 0 unspecified atom stereocenters. The fourth-order valence-corrected chi connectivity index (χ4v) is 3.63. The minimum absolute atomic E-state index is 0. The van der Waals surface area contributed by atoms with Gasteiger partial charge < -0.3 is 13.8 Å². The van der Waals surface area contributed by atoms with Gasteiger partial charge in [0, 0.05) is 44.7 Å². The van der Waals surface area contributed by atoms with Crippen molar-refractivity contribution in [2.45, 2.75) is 26.8 Å². The van der Waals surface area contributed by atoms with Crippen molar-refractivity contribution in [1.82, 2.24) is 15.0 Å². The van der Waals surface area contributed by atoms with Crippen LogP contribution in [0.1, 0.15) is 38.9 Å². The number of carbonyl (C=O) groups excluding carboxylic acids is 1. The van der Waals surface area contributed by atoms with Crippen LogP contribution in [0.4, 0.5) is 4.39 Å². The van der Waals surface area contributed by atoms with E-state index in [-0.39, 0.29) is 24.1 Å². The predicted octanol–water partition coefficient (Wildman–Crippen LogP) is 3.99. The summed E-state index contributed by atoms with van der Waals surface area (Å²) in [6.07, 6.45) is 0.555. The number of amides is 1. The van der Waals surface area contributed by atoms with E-state index < -0.39 is 0 Å². The van der Waals surface area contributed by atoms with Crippen LogP contribution in [0.3, 0.4) is 0 Å². The van der Waals surface area contributed by atoms with Crippen molar-refractivity contribution in [3.63, 3.8) is 0 Å². The Balaban J connectivity index is 0.00000256. The van der Waals surface area contributed by atoms with E-state index in [1.54, 1.807) is 18.2 Å². The second-order valence-corrected chi connectivity index (χ2v) is 7.44. The Labute approximate surface area is 181 Å². The Morgan fingerprint density at radius 1 is 1.07 bits per heavy atom. The number of nitrogens with zero attached hydrogens (tertiary/aromatic N) is 3. The minimum Gasteiger partial charge on any atom is -0.456 e. The van der Waals surface area contributed by atoms with Gasteiger partial charge in [-0.1, -0.05) is 17.3 Å². The first kappa shape index (κ1) is 22.1. The van der Waals surface area contributed by atoms with Gasteiger partial charge in [-0.3, -0.25) is 9.69 Å². The van der Waals surface area contributed by atoms with Crippen molar-refractivity contribution >= 4 is 18.3 Å². The van der Waals surface area contributed by atoms with E-state index in [4.69, 9.17) is 8.94 Å². The lowest BCUT2D eigenvalue weighted by atomic mass is 10.1. The average molecular weight is 434 g/mol. The molecule has 0 radical (unpaired) electrons. The average Bonchev–Trinajstić information content (AvgIpc) is 3.32. The zero-order valence-electron chi connectivity index (χ0n) is 17.1. The molecule has 3 aromatic rings. The van der Waals surface area contributed by atoms with Gasteiger partial charge in [-0.15, -0.1) is 12.4 Å². The fourth-order valence-electron chi connectivity index (χ4n) is 3.63. The highest BCUT2D eigenvalue weighted by atomic mass is 35.5. The molecule has 1 aliphatic heterocycles. The van der Waals surface area contributed by atoms with E-state index in [0.717, 1.165) is 48.0 Å². The van der Waals surface area contributed by atoms with Crippen molar-refractivity contribution in [1.29, 1.82) is 0 Å². The monoisotopic (exact) mass is 433 g/mol. The van der Waals surface area contributed by atoms with Crippen molar-refractivity contribution in [3.05, 3.63) is 76.3 Å². The van der Waals surface area contributed by atoms with Crippen LogP contribution in [0, 0.1) is 19.7 Å². The summed E-state index contributed by atoms with van der Waals surface area (Å²) in [6, 6.07) is 10.1. The highest BCUT2D eigenvalue weighted by Crippen LogP contribution is 2.20. The smallest absolute Gasteiger partial charge is 0.289 e. The van der Waals surface area contributed by atoms with Crippen LogP contribution in [-0.4, -0.2) is 47.0 Å². The fraction of sp³-hybridized carbons (Fsp3) is 0.364. The van der Waals surface area contributed by atoms with Gasteiger partial charge in [0.25, 0.3) is 5.91 Å². The maximum atomic E-state index is 13.0. The molecular weight excluding hydrogens is 409 g/mol. The van der Waals surface area contributed by atoms with Gasteiger partial charge in [-0.2, -0.15) is 0 Å². The standard InChI is InChI=1S/C22H24FN3O3.ClH/c1-15-20(16(2)29-24-15)13-19-7-8-21(28-19)22(27)26-11-9-25(10-12-26)14-17-3-5-18(23)6-4-17;/h3-8H,9-14H2,1-2H3;1H. The van der Waals surface area contributed by atoms with E-state index in [1.165, 1.54) is 12.1 Å². The summed E-state index contributed by atoms with van der Waals surface area (Å²) in [5, 5.41) is 3.95. The molecule has 160 valence electrons. The zero-order valence-corrected chi connectivity index (χ0v) is 17.9. The molecule has 30 heavy (non-hydrogen) atoms. The van der Waals surface area contributed by atoms with E-state index in [0.29, 0.717) is 25.3 Å². The third kappa shape index (κ3) is 4.91. The van der Waals surface area contributed by atoms with Gasteiger partial charge in [0.05, 0.1) is 5.69 Å². The van der Waals surface area contributed by atoms with Gasteiger partial charge in [0.15, 0.2) is 5.76 Å². The minimum atomic E-state index is -0.226. The first-order valence-corrected chi connectivity index (χ1v) is 9.76. The number of rotatable bonds is 5. The molecular formula is C22H25ClFN3O3. The molecule has 0 N–H and O–H groups in total. The molecule has 8 heteroatoms. The zero-order chi connectivity index (χ0) is 20.4. The second kappa shape index (κ2) is 9.45. The number of benzene rings is 1. The van der Waals surface area contributed by atoms with Crippen LogP contribution in [0.2, 0.25) is 0 Å². The molecule has 0 saturated carbocycles. The van der Waals surface area contributed by atoms with Crippen LogP contribution in [0.15, 0.2) is 45.3 Å². The number of furan rings is 1. The predicted molar refractivity (Wildman–Crippen MR) is 112 cm³/mol. The number of hydrogen-bond donors (Lipinski definition) is 0. The molecule has 4 rings (SSSR count). The molecule has 0 atom stereocenters. The summed E-state index contributed by atoms with van der Waals surface area (Å²) in [5.74, 6) is 1.54. The summed E-state index contributed by atoms with van der Waals surface area (Å²) in [4.78, 5) is 16.9. The molecule has 1 aromatic carbocycles. The number of hydrogen-bond acceptors (Lipinski definition) is 5. The summed E-state index contributed by atoms with van der Waals surface area (Å²) in [5.41, 5.74) is 2.90. The normalized spacial score (nSPS) is 14.6. The maximum Gasteiger partial charge on any atom is 0.289 e. The van der Waals surface area contributed by atoms with E-state index >= 15 is 0 Å². The number of aryl methyl sites for hydroxylation is 2. The Kier molecular flexibility index (Phi) is 6.95. The largest absolute Gasteiger partial charge is 0.456 e. The third-order valence-corrected chi connectivity index (χ3v) is 5.38. The molecule has 3 heterocycles. The SMILES string of the molecule is Cc1noc(C)c1Cc1ccc(C(=O)N2CCN(Cc3ccc(F)cc3)CC2)o1.Cl. The highest BCUT2D eigenvalue weighted by molar-refractivity contribution is 5.91. The molecule has 0 bridgehead atoms. The van der Waals surface area contributed by atoms with Gasteiger partial charge >= 0.3 is 0 Å². The first-order valence-electron chi connectivity index (χ1n) is 9.76. The van der Waals surface area contributed by atoms with Crippen molar-refractivity contribution < 1.29 is 18.1 Å². The quantitative estimate of drug-likeness (QED) is 0.608. The Bertz CT molecular complexity index is 972. The van der Waals surface area contributed by atoms with Crippen LogP contribution in [0.5, 0.6) is 0 Å². The molecule has 1 fully saturated rings. The number of halogens is 2. The molecule has 0 aliphatic carbocycles. The summed E-state index contributed by atoms with van der Waals surface area (Å²) in [7, 11) is 0. The Morgan fingerprint density at radius 2 is 1.77 bits per heavy atom. The van der Waals surface area contributed by atoms with Crippen LogP contribution < -0.4 is 0 Å². The van der Waals surface area contributed by atoms with E-state index in [1.807, 2.05) is 24.8 Å². The Morgan fingerprint density at radius 3 is 2.40 bits per heavy atom. The highest BCUT2D eigenvalue weighted by Gasteiger charge is 2.24. The molecule has 0 spiro atoms.